The summed E-state index contributed by atoms with van der Waals surface area (Å²) in [5, 5.41) is 5.40. The molecule has 0 bridgehead atoms. The number of ether oxygens (including phenoxy) is 1. The number of likely N-dealkylation sites (N-methyl/N-ethyl adjacent to an activating group) is 1. The van der Waals surface area contributed by atoms with E-state index in [1.54, 1.807) is 18.2 Å². The number of hydrogen-bond acceptors (Lipinski definition) is 5. The van der Waals surface area contributed by atoms with Gasteiger partial charge < -0.3 is 20.3 Å². The number of nitrogens with zero attached hydrogens (tertiary/aromatic N) is 1. The molecule has 0 aromatic heterocycles. The van der Waals surface area contributed by atoms with Gasteiger partial charge in [-0.15, -0.1) is 11.8 Å². The quantitative estimate of drug-likeness (QED) is 0.730. The summed E-state index contributed by atoms with van der Waals surface area (Å²) < 4.78 is 5.19. The average molecular weight is 434 g/mol. The molecule has 1 atom stereocenters. The summed E-state index contributed by atoms with van der Waals surface area (Å²) in [6, 6.07) is 12.3. The molecule has 7 nitrogen and oxygen atoms in total. The van der Waals surface area contributed by atoms with Crippen molar-refractivity contribution in [1.29, 1.82) is 0 Å². The van der Waals surface area contributed by atoms with Gasteiger partial charge in [0.1, 0.15) is 5.75 Å². The van der Waals surface area contributed by atoms with Crippen molar-refractivity contribution < 1.29 is 19.1 Å². The minimum absolute atomic E-state index is 0.00486. The Bertz CT molecular complexity index is 953. The van der Waals surface area contributed by atoms with Crippen LogP contribution in [0.1, 0.15) is 6.42 Å². The Kier molecular flexibility index (Phi) is 6.66. The number of rotatable bonds is 6. The second-order valence-electron chi connectivity index (χ2n) is 6.44. The van der Waals surface area contributed by atoms with E-state index in [4.69, 9.17) is 16.3 Å². The molecule has 0 saturated carbocycles. The molecule has 2 aromatic carbocycles. The fourth-order valence-electron chi connectivity index (χ4n) is 2.81. The van der Waals surface area contributed by atoms with Crippen LogP contribution >= 0.6 is 23.4 Å². The van der Waals surface area contributed by atoms with E-state index in [1.165, 1.54) is 30.8 Å². The van der Waals surface area contributed by atoms with Gasteiger partial charge in [0.05, 0.1) is 30.3 Å². The van der Waals surface area contributed by atoms with Crippen LogP contribution in [0.15, 0.2) is 47.4 Å². The highest BCUT2D eigenvalue weighted by atomic mass is 35.5. The first-order valence-electron chi connectivity index (χ1n) is 8.81. The molecule has 9 heteroatoms. The van der Waals surface area contributed by atoms with Gasteiger partial charge in [-0.3, -0.25) is 14.4 Å². The molecule has 1 aliphatic rings. The Hall–Kier alpha value is -2.71. The molecule has 0 saturated heterocycles. The first-order chi connectivity index (χ1) is 13.9. The van der Waals surface area contributed by atoms with Crippen LogP contribution < -0.4 is 15.4 Å². The number of benzene rings is 2. The van der Waals surface area contributed by atoms with Crippen LogP contribution in [0, 0.1) is 0 Å². The molecular formula is C20H20ClN3O4S. The summed E-state index contributed by atoms with van der Waals surface area (Å²) in [6.45, 7) is -0.163. The molecule has 152 valence electrons. The monoisotopic (exact) mass is 433 g/mol. The van der Waals surface area contributed by atoms with E-state index in [-0.39, 0.29) is 24.8 Å². The van der Waals surface area contributed by atoms with E-state index in [2.05, 4.69) is 10.6 Å². The van der Waals surface area contributed by atoms with Crippen molar-refractivity contribution in [2.24, 2.45) is 0 Å². The molecular weight excluding hydrogens is 414 g/mol. The number of para-hydroxylation sites is 1. The van der Waals surface area contributed by atoms with E-state index >= 15 is 0 Å². The standard InChI is InChI=1S/C20H20ClN3O4S/c1-24(11-18(25)22-14-9-12(21)7-8-15(14)28-2)19(26)10-17-20(27)23-13-5-3-4-6-16(13)29-17/h3-9,17H,10-11H2,1-2H3,(H,22,25)(H,23,27). The number of anilines is 2. The molecule has 0 aliphatic carbocycles. The molecule has 0 fully saturated rings. The maximum absolute atomic E-state index is 12.5. The van der Waals surface area contributed by atoms with Crippen molar-refractivity contribution in [2.45, 2.75) is 16.6 Å². The predicted molar refractivity (Wildman–Crippen MR) is 114 cm³/mol. The number of halogens is 1. The fourth-order valence-corrected chi connectivity index (χ4v) is 4.09. The van der Waals surface area contributed by atoms with Crippen LogP contribution in [0.4, 0.5) is 11.4 Å². The third kappa shape index (κ3) is 5.21. The molecule has 0 spiro atoms. The number of carbonyl (C=O) groups excluding carboxylic acids is 3. The highest BCUT2D eigenvalue weighted by Gasteiger charge is 2.30. The number of thioether (sulfide) groups is 1. The highest BCUT2D eigenvalue weighted by molar-refractivity contribution is 8.01. The number of fused-ring (bicyclic) bond motifs is 1. The van der Waals surface area contributed by atoms with Gasteiger partial charge in [0.15, 0.2) is 0 Å². The first kappa shape index (κ1) is 21.0. The average Bonchev–Trinajstić information content (AvgIpc) is 2.68. The number of hydrogen-bond donors (Lipinski definition) is 2. The van der Waals surface area contributed by atoms with Gasteiger partial charge in [-0.2, -0.15) is 0 Å². The highest BCUT2D eigenvalue weighted by Crippen LogP contribution is 2.36. The van der Waals surface area contributed by atoms with E-state index in [9.17, 15) is 14.4 Å². The Labute approximate surface area is 177 Å². The van der Waals surface area contributed by atoms with Crippen molar-refractivity contribution in [3.8, 4) is 5.75 Å². The number of methoxy groups -OCH3 is 1. The van der Waals surface area contributed by atoms with Gasteiger partial charge in [0.25, 0.3) is 0 Å². The summed E-state index contributed by atoms with van der Waals surface area (Å²) in [6.07, 6.45) is -0.00486. The lowest BCUT2D eigenvalue weighted by Crippen LogP contribution is -2.39. The minimum Gasteiger partial charge on any atom is -0.495 e. The van der Waals surface area contributed by atoms with E-state index < -0.39 is 11.2 Å². The van der Waals surface area contributed by atoms with Crippen molar-refractivity contribution in [1.82, 2.24) is 4.90 Å². The zero-order valence-corrected chi connectivity index (χ0v) is 17.5. The lowest BCUT2D eigenvalue weighted by atomic mass is 10.2. The molecule has 0 radical (unpaired) electrons. The van der Waals surface area contributed by atoms with Crippen LogP contribution in [-0.4, -0.2) is 48.6 Å². The van der Waals surface area contributed by atoms with Gasteiger partial charge in [0, 0.05) is 23.4 Å². The second-order valence-corrected chi connectivity index (χ2v) is 8.12. The minimum atomic E-state index is -0.545. The lowest BCUT2D eigenvalue weighted by molar-refractivity contribution is -0.134. The molecule has 3 amide bonds. The Morgan fingerprint density at radius 2 is 2.03 bits per heavy atom. The van der Waals surface area contributed by atoms with Gasteiger partial charge in [-0.05, 0) is 30.3 Å². The molecule has 2 N–H and O–H groups in total. The van der Waals surface area contributed by atoms with Crippen molar-refractivity contribution in [3.63, 3.8) is 0 Å². The molecule has 1 unspecified atom stereocenters. The molecule has 1 aliphatic heterocycles. The van der Waals surface area contributed by atoms with Gasteiger partial charge in [-0.25, -0.2) is 0 Å². The summed E-state index contributed by atoms with van der Waals surface area (Å²) in [5.41, 5.74) is 1.17. The summed E-state index contributed by atoms with van der Waals surface area (Å²) in [7, 11) is 3.01. The number of amides is 3. The van der Waals surface area contributed by atoms with Crippen LogP contribution in [-0.2, 0) is 14.4 Å². The van der Waals surface area contributed by atoms with Crippen LogP contribution in [0.3, 0.4) is 0 Å². The third-order valence-electron chi connectivity index (χ3n) is 4.31. The lowest BCUT2D eigenvalue weighted by Gasteiger charge is -2.25. The molecule has 29 heavy (non-hydrogen) atoms. The predicted octanol–water partition coefficient (Wildman–Crippen LogP) is 3.25. The Balaban J connectivity index is 1.57. The molecule has 2 aromatic rings. The molecule has 3 rings (SSSR count). The van der Waals surface area contributed by atoms with Crippen molar-refractivity contribution in [3.05, 3.63) is 47.5 Å². The van der Waals surface area contributed by atoms with Crippen LogP contribution in [0.25, 0.3) is 0 Å². The largest absolute Gasteiger partial charge is 0.495 e. The van der Waals surface area contributed by atoms with E-state index in [0.717, 1.165) is 10.6 Å². The maximum Gasteiger partial charge on any atom is 0.244 e. The second kappa shape index (κ2) is 9.19. The number of carbonyl (C=O) groups is 3. The fraction of sp³-hybridized carbons (Fsp3) is 0.250. The Morgan fingerprint density at radius 1 is 1.28 bits per heavy atom. The van der Waals surface area contributed by atoms with E-state index in [0.29, 0.717) is 16.5 Å². The SMILES string of the molecule is COc1ccc(Cl)cc1NC(=O)CN(C)C(=O)CC1Sc2ccccc2NC1=O. The topological polar surface area (TPSA) is 87.7 Å². The smallest absolute Gasteiger partial charge is 0.244 e. The van der Waals surface area contributed by atoms with Crippen molar-refractivity contribution in [2.75, 3.05) is 31.3 Å². The van der Waals surface area contributed by atoms with Gasteiger partial charge in [-0.1, -0.05) is 23.7 Å². The summed E-state index contributed by atoms with van der Waals surface area (Å²) in [4.78, 5) is 39.4. The van der Waals surface area contributed by atoms with E-state index in [1.807, 2.05) is 24.3 Å². The Morgan fingerprint density at radius 3 is 2.79 bits per heavy atom. The van der Waals surface area contributed by atoms with Gasteiger partial charge in [0.2, 0.25) is 17.7 Å². The first-order valence-corrected chi connectivity index (χ1v) is 10.1. The van der Waals surface area contributed by atoms with Crippen molar-refractivity contribution >= 4 is 52.5 Å². The normalized spacial score (nSPS) is 15.1. The van der Waals surface area contributed by atoms with Crippen LogP contribution in [0.2, 0.25) is 5.02 Å². The molecule has 1 heterocycles. The maximum atomic E-state index is 12.5. The zero-order valence-electron chi connectivity index (χ0n) is 15.9. The van der Waals surface area contributed by atoms with Crippen LogP contribution in [0.5, 0.6) is 5.75 Å². The summed E-state index contributed by atoms with van der Waals surface area (Å²) >= 11 is 7.31. The zero-order chi connectivity index (χ0) is 21.0. The third-order valence-corrected chi connectivity index (χ3v) is 5.82. The number of nitrogens with one attached hydrogen (secondary N) is 2. The summed E-state index contributed by atoms with van der Waals surface area (Å²) in [5.74, 6) is -0.452. The van der Waals surface area contributed by atoms with Gasteiger partial charge >= 0.3 is 0 Å².